The van der Waals surface area contributed by atoms with Crippen LogP contribution in [0.15, 0.2) is 88.7 Å². The van der Waals surface area contributed by atoms with Crippen LogP contribution in [0.3, 0.4) is 0 Å². The zero-order valence-electron chi connectivity index (χ0n) is 18.9. The summed E-state index contributed by atoms with van der Waals surface area (Å²) in [7, 11) is -6.93. The first-order valence-electron chi connectivity index (χ1n) is 11.5. The van der Waals surface area contributed by atoms with Gasteiger partial charge in [-0.3, -0.25) is 14.0 Å². The summed E-state index contributed by atoms with van der Waals surface area (Å²) >= 11 is 0. The third-order valence-electron chi connectivity index (χ3n) is 6.76. The highest BCUT2D eigenvalue weighted by Gasteiger charge is 2.44. The second kappa shape index (κ2) is 9.45. The van der Waals surface area contributed by atoms with Crippen molar-refractivity contribution in [1.29, 1.82) is 0 Å². The molecule has 1 fully saturated rings. The maximum Gasteiger partial charge on any atom is 0.187 e. The Balaban J connectivity index is 1.34. The summed E-state index contributed by atoms with van der Waals surface area (Å²) in [6.45, 7) is 3.33. The Morgan fingerprint density at radius 3 is 2.38 bits per heavy atom. The highest BCUT2D eigenvalue weighted by molar-refractivity contribution is 8.25. The first kappa shape index (κ1) is 23.5. The van der Waals surface area contributed by atoms with Gasteiger partial charge in [-0.1, -0.05) is 60.7 Å². The van der Waals surface area contributed by atoms with Crippen molar-refractivity contribution in [1.82, 2.24) is 10.2 Å². The van der Waals surface area contributed by atoms with Gasteiger partial charge in [0.05, 0.1) is 15.5 Å². The van der Waals surface area contributed by atoms with Crippen LogP contribution in [0, 0.1) is 0 Å². The number of rotatable bonds is 7. The third-order valence-corrected chi connectivity index (χ3v) is 10.9. The molecule has 5 rings (SSSR count). The molecule has 2 aliphatic heterocycles. The molecule has 1 unspecified atom stereocenters. The molecule has 2 aliphatic rings. The van der Waals surface area contributed by atoms with Crippen LogP contribution in [0.2, 0.25) is 0 Å². The standard InChI is InChI=1S/C26H30N2O4S2/c29-33(30)19-25(34(31,32)23-11-5-2-6-12-23)26-21(10-7-13-24(26)33)16-27-22-14-15-28(18-22)17-20-8-3-1-4-9-20/h1-13,22,25,27,29-30H,14-19H2/t22-,25?/m1/s1. The highest BCUT2D eigenvalue weighted by atomic mass is 32.3. The van der Waals surface area contributed by atoms with Gasteiger partial charge in [0.15, 0.2) is 9.84 Å². The molecule has 0 radical (unpaired) electrons. The first-order valence-corrected chi connectivity index (χ1v) is 14.8. The molecule has 3 aromatic rings. The second-order valence-electron chi connectivity index (χ2n) is 9.10. The van der Waals surface area contributed by atoms with Crippen molar-refractivity contribution in [2.24, 2.45) is 0 Å². The third kappa shape index (κ3) is 4.66. The molecule has 2 atom stereocenters. The maximum absolute atomic E-state index is 13.5. The fraction of sp³-hybridized carbons (Fsp3) is 0.308. The zero-order valence-corrected chi connectivity index (χ0v) is 20.5. The zero-order chi connectivity index (χ0) is 23.8. The Labute approximate surface area is 202 Å². The number of nitrogens with one attached hydrogen (secondary N) is 1. The van der Waals surface area contributed by atoms with E-state index in [0.29, 0.717) is 23.0 Å². The van der Waals surface area contributed by atoms with Gasteiger partial charge in [0, 0.05) is 32.2 Å². The summed E-state index contributed by atoms with van der Waals surface area (Å²) in [5, 5.41) is 2.63. The molecule has 180 valence electrons. The second-order valence-corrected chi connectivity index (χ2v) is 13.3. The molecule has 34 heavy (non-hydrogen) atoms. The lowest BCUT2D eigenvalue weighted by Gasteiger charge is -2.27. The lowest BCUT2D eigenvalue weighted by atomic mass is 10.0. The number of benzene rings is 3. The molecule has 3 N–H and O–H groups in total. The lowest BCUT2D eigenvalue weighted by molar-refractivity contribution is 0.320. The minimum Gasteiger partial charge on any atom is -0.309 e. The van der Waals surface area contributed by atoms with Gasteiger partial charge in [-0.2, -0.15) is 10.6 Å². The molecular formula is C26H30N2O4S2. The average Bonchev–Trinajstić information content (AvgIpc) is 3.41. The monoisotopic (exact) mass is 498 g/mol. The van der Waals surface area contributed by atoms with Crippen LogP contribution >= 0.6 is 10.6 Å². The van der Waals surface area contributed by atoms with Crippen molar-refractivity contribution in [3.05, 3.63) is 95.6 Å². The number of fused-ring (bicyclic) bond motifs is 1. The Morgan fingerprint density at radius 1 is 0.941 bits per heavy atom. The van der Waals surface area contributed by atoms with Crippen molar-refractivity contribution < 1.29 is 17.5 Å². The molecule has 0 aromatic heterocycles. The number of likely N-dealkylation sites (tertiary alicyclic amines) is 1. The Morgan fingerprint density at radius 2 is 1.65 bits per heavy atom. The van der Waals surface area contributed by atoms with E-state index in [1.807, 2.05) is 12.1 Å². The summed E-state index contributed by atoms with van der Waals surface area (Å²) in [5.41, 5.74) is 2.67. The van der Waals surface area contributed by atoms with Gasteiger partial charge >= 0.3 is 0 Å². The number of hydrogen-bond donors (Lipinski definition) is 3. The molecule has 1 saturated heterocycles. The molecule has 0 aliphatic carbocycles. The van der Waals surface area contributed by atoms with Gasteiger partial charge in [0.1, 0.15) is 5.25 Å². The minimum atomic E-state index is -3.76. The van der Waals surface area contributed by atoms with Crippen molar-refractivity contribution >= 4 is 20.4 Å². The van der Waals surface area contributed by atoms with Crippen molar-refractivity contribution in [3.8, 4) is 0 Å². The summed E-state index contributed by atoms with van der Waals surface area (Å²) in [4.78, 5) is 2.99. The van der Waals surface area contributed by atoms with Crippen molar-refractivity contribution in [2.45, 2.75) is 40.6 Å². The van der Waals surface area contributed by atoms with Crippen LogP contribution in [-0.4, -0.2) is 47.3 Å². The topological polar surface area (TPSA) is 89.9 Å². The van der Waals surface area contributed by atoms with Gasteiger partial charge in [0.25, 0.3) is 0 Å². The molecule has 8 heteroatoms. The van der Waals surface area contributed by atoms with E-state index >= 15 is 0 Å². The van der Waals surface area contributed by atoms with Crippen LogP contribution in [-0.2, 0) is 22.9 Å². The lowest BCUT2D eigenvalue weighted by Crippen LogP contribution is -2.32. The normalized spacial score (nSPS) is 23.0. The number of nitrogens with zero attached hydrogens (tertiary/aromatic N) is 1. The van der Waals surface area contributed by atoms with E-state index in [4.69, 9.17) is 0 Å². The molecule has 3 aromatic carbocycles. The van der Waals surface area contributed by atoms with E-state index in [0.717, 1.165) is 31.6 Å². The van der Waals surface area contributed by atoms with Crippen molar-refractivity contribution in [2.75, 3.05) is 18.8 Å². The first-order chi connectivity index (χ1) is 16.3. The molecule has 0 spiro atoms. The van der Waals surface area contributed by atoms with Crippen LogP contribution in [0.1, 0.15) is 28.4 Å². The minimum absolute atomic E-state index is 0.190. The van der Waals surface area contributed by atoms with Gasteiger partial charge in [-0.05, 0) is 41.3 Å². The summed E-state index contributed by atoms with van der Waals surface area (Å²) in [6.07, 6.45) is 1.02. The number of sulfone groups is 1. The van der Waals surface area contributed by atoms with Crippen LogP contribution < -0.4 is 5.32 Å². The fourth-order valence-electron chi connectivity index (χ4n) is 5.04. The fourth-order valence-corrected chi connectivity index (χ4v) is 9.54. The van der Waals surface area contributed by atoms with Gasteiger partial charge in [-0.25, -0.2) is 8.42 Å². The van der Waals surface area contributed by atoms with Gasteiger partial charge in [-0.15, -0.1) is 0 Å². The Kier molecular flexibility index (Phi) is 6.54. The quantitative estimate of drug-likeness (QED) is 0.438. The van der Waals surface area contributed by atoms with E-state index < -0.39 is 25.7 Å². The smallest absolute Gasteiger partial charge is 0.187 e. The predicted molar refractivity (Wildman–Crippen MR) is 136 cm³/mol. The van der Waals surface area contributed by atoms with Crippen molar-refractivity contribution in [3.63, 3.8) is 0 Å². The molecule has 0 saturated carbocycles. The Hall–Kier alpha value is -2.20. The number of hydrogen-bond acceptors (Lipinski definition) is 6. The summed E-state index contributed by atoms with van der Waals surface area (Å²) in [5.74, 6) is -0.190. The van der Waals surface area contributed by atoms with E-state index in [1.165, 1.54) is 5.56 Å². The summed E-state index contributed by atoms with van der Waals surface area (Å²) in [6, 6.07) is 24.3. The highest BCUT2D eigenvalue weighted by Crippen LogP contribution is 2.62. The maximum atomic E-state index is 13.5. The van der Waals surface area contributed by atoms with Crippen LogP contribution in [0.25, 0.3) is 0 Å². The van der Waals surface area contributed by atoms with E-state index in [-0.39, 0.29) is 10.6 Å². The van der Waals surface area contributed by atoms with E-state index in [2.05, 4.69) is 34.5 Å². The predicted octanol–water partition coefficient (Wildman–Crippen LogP) is 4.69. The van der Waals surface area contributed by atoms with Crippen LogP contribution in [0.4, 0.5) is 0 Å². The molecule has 2 heterocycles. The van der Waals surface area contributed by atoms with E-state index in [1.54, 1.807) is 42.5 Å². The average molecular weight is 499 g/mol. The van der Waals surface area contributed by atoms with Crippen LogP contribution in [0.5, 0.6) is 0 Å². The molecule has 0 bridgehead atoms. The summed E-state index contributed by atoms with van der Waals surface area (Å²) < 4.78 is 48.5. The Bertz CT molecular complexity index is 1250. The van der Waals surface area contributed by atoms with Gasteiger partial charge in [0.2, 0.25) is 0 Å². The molecule has 0 amide bonds. The largest absolute Gasteiger partial charge is 0.309 e. The SMILES string of the molecule is O=S(=O)(c1ccccc1)C1CS(O)(O)c2cccc(CN[C@@H]3CCN(Cc4ccccc4)C3)c21. The molecular weight excluding hydrogens is 468 g/mol. The van der Waals surface area contributed by atoms with Gasteiger partial charge < -0.3 is 5.32 Å². The van der Waals surface area contributed by atoms with E-state index in [9.17, 15) is 17.5 Å². The molecule has 6 nitrogen and oxygen atoms in total.